The maximum Gasteiger partial charge on any atom is 0.341 e. The summed E-state index contributed by atoms with van der Waals surface area (Å²) in [7, 11) is 1.60. The molecule has 0 aromatic carbocycles. The molecule has 1 aromatic rings. The van der Waals surface area contributed by atoms with Crippen molar-refractivity contribution >= 4 is 5.97 Å². The predicted molar refractivity (Wildman–Crippen MR) is 57.9 cm³/mol. The summed E-state index contributed by atoms with van der Waals surface area (Å²) in [6, 6.07) is 1.64. The molecule has 0 aliphatic heterocycles. The highest BCUT2D eigenvalue weighted by molar-refractivity contribution is 5.91. The average molecular weight is 225 g/mol. The van der Waals surface area contributed by atoms with Gasteiger partial charge in [0.25, 0.3) is 0 Å². The van der Waals surface area contributed by atoms with Gasteiger partial charge in [0.2, 0.25) is 5.88 Å². The SMILES string of the molecule is COCCCOc1nccc(C)c1C(=O)O. The van der Waals surface area contributed by atoms with Crippen LogP contribution in [0.25, 0.3) is 0 Å². The number of aryl methyl sites for hydroxylation is 1. The van der Waals surface area contributed by atoms with Crippen molar-refractivity contribution in [2.45, 2.75) is 13.3 Å². The van der Waals surface area contributed by atoms with Gasteiger partial charge in [0.1, 0.15) is 5.56 Å². The third-order valence-electron chi connectivity index (χ3n) is 2.07. The molecular weight excluding hydrogens is 210 g/mol. The van der Waals surface area contributed by atoms with Crippen LogP contribution in [-0.4, -0.2) is 36.4 Å². The summed E-state index contributed by atoms with van der Waals surface area (Å²) in [6.45, 7) is 2.69. The number of pyridine rings is 1. The molecule has 1 rings (SSSR count). The fourth-order valence-electron chi connectivity index (χ4n) is 1.28. The van der Waals surface area contributed by atoms with Crippen LogP contribution in [0.5, 0.6) is 5.88 Å². The lowest BCUT2D eigenvalue weighted by Crippen LogP contribution is -2.09. The predicted octanol–water partition coefficient (Wildman–Crippen LogP) is 1.50. The molecule has 5 heteroatoms. The smallest absolute Gasteiger partial charge is 0.341 e. The number of carboxylic acid groups (broad SMARTS) is 1. The first-order valence-electron chi connectivity index (χ1n) is 4.97. The minimum Gasteiger partial charge on any atom is -0.477 e. The van der Waals surface area contributed by atoms with Crippen LogP contribution in [0, 0.1) is 6.92 Å². The Kier molecular flexibility index (Phi) is 4.72. The summed E-state index contributed by atoms with van der Waals surface area (Å²) < 4.78 is 10.2. The Bertz CT molecular complexity index is 365. The molecule has 0 saturated heterocycles. The summed E-state index contributed by atoms with van der Waals surface area (Å²) >= 11 is 0. The molecule has 16 heavy (non-hydrogen) atoms. The van der Waals surface area contributed by atoms with Crippen LogP contribution in [0.15, 0.2) is 12.3 Å². The standard InChI is InChI=1S/C11H15NO4/c1-8-4-5-12-10(9(8)11(13)14)16-7-3-6-15-2/h4-5H,3,6-7H2,1-2H3,(H,13,14). The second-order valence-corrected chi connectivity index (χ2v) is 3.31. The number of hydrogen-bond acceptors (Lipinski definition) is 4. The molecule has 5 nitrogen and oxygen atoms in total. The molecule has 0 unspecified atom stereocenters. The monoisotopic (exact) mass is 225 g/mol. The first-order chi connectivity index (χ1) is 7.66. The first-order valence-corrected chi connectivity index (χ1v) is 4.97. The normalized spacial score (nSPS) is 10.1. The van der Waals surface area contributed by atoms with Crippen LogP contribution in [0.1, 0.15) is 22.3 Å². The third kappa shape index (κ3) is 3.20. The van der Waals surface area contributed by atoms with Gasteiger partial charge in [-0.2, -0.15) is 0 Å². The zero-order valence-corrected chi connectivity index (χ0v) is 9.40. The van der Waals surface area contributed by atoms with Gasteiger partial charge in [-0.05, 0) is 18.6 Å². The van der Waals surface area contributed by atoms with Crippen molar-refractivity contribution in [3.05, 3.63) is 23.4 Å². The summed E-state index contributed by atoms with van der Waals surface area (Å²) in [5.41, 5.74) is 0.768. The van der Waals surface area contributed by atoms with E-state index in [0.717, 1.165) is 0 Å². The van der Waals surface area contributed by atoms with Crippen LogP contribution < -0.4 is 4.74 Å². The van der Waals surface area contributed by atoms with E-state index in [9.17, 15) is 4.79 Å². The maximum absolute atomic E-state index is 11.0. The molecular formula is C11H15NO4. The number of carboxylic acids is 1. The Hall–Kier alpha value is -1.62. The Morgan fingerprint density at radius 1 is 1.50 bits per heavy atom. The molecule has 1 aromatic heterocycles. The molecule has 0 aliphatic rings. The summed E-state index contributed by atoms with van der Waals surface area (Å²) in [4.78, 5) is 14.9. The van der Waals surface area contributed by atoms with Crippen molar-refractivity contribution in [3.63, 3.8) is 0 Å². The van der Waals surface area contributed by atoms with Crippen molar-refractivity contribution in [3.8, 4) is 5.88 Å². The number of nitrogens with zero attached hydrogens (tertiary/aromatic N) is 1. The topological polar surface area (TPSA) is 68.7 Å². The number of carbonyl (C=O) groups is 1. The van der Waals surface area contributed by atoms with Crippen LogP contribution in [0.3, 0.4) is 0 Å². The van der Waals surface area contributed by atoms with Crippen molar-refractivity contribution in [1.29, 1.82) is 0 Å². The van der Waals surface area contributed by atoms with E-state index in [1.54, 1.807) is 20.1 Å². The van der Waals surface area contributed by atoms with Crippen LogP contribution in [-0.2, 0) is 4.74 Å². The zero-order valence-electron chi connectivity index (χ0n) is 9.40. The maximum atomic E-state index is 11.0. The summed E-state index contributed by atoms with van der Waals surface area (Å²) in [6.07, 6.45) is 2.23. The first kappa shape index (κ1) is 12.4. The molecule has 0 saturated carbocycles. The molecule has 0 fully saturated rings. The van der Waals surface area contributed by atoms with Gasteiger partial charge in [-0.25, -0.2) is 9.78 Å². The van der Waals surface area contributed by atoms with E-state index in [1.807, 2.05) is 0 Å². The van der Waals surface area contributed by atoms with Crippen LogP contribution in [0.2, 0.25) is 0 Å². The van der Waals surface area contributed by atoms with Gasteiger partial charge >= 0.3 is 5.97 Å². The Morgan fingerprint density at radius 3 is 2.88 bits per heavy atom. The minimum absolute atomic E-state index is 0.125. The van der Waals surface area contributed by atoms with E-state index in [4.69, 9.17) is 14.6 Å². The van der Waals surface area contributed by atoms with E-state index in [2.05, 4.69) is 4.98 Å². The van der Waals surface area contributed by atoms with Crippen molar-refractivity contribution in [2.24, 2.45) is 0 Å². The molecule has 0 spiro atoms. The van der Waals surface area contributed by atoms with Gasteiger partial charge in [-0.3, -0.25) is 0 Å². The quantitative estimate of drug-likeness (QED) is 0.743. The van der Waals surface area contributed by atoms with Gasteiger partial charge < -0.3 is 14.6 Å². The van der Waals surface area contributed by atoms with Gasteiger partial charge in [-0.1, -0.05) is 0 Å². The van der Waals surface area contributed by atoms with E-state index in [1.165, 1.54) is 6.20 Å². The van der Waals surface area contributed by atoms with Crippen molar-refractivity contribution in [2.75, 3.05) is 20.3 Å². The molecule has 0 aliphatic carbocycles. The number of hydrogen-bond donors (Lipinski definition) is 1. The Morgan fingerprint density at radius 2 is 2.25 bits per heavy atom. The average Bonchev–Trinajstić information content (AvgIpc) is 2.24. The second-order valence-electron chi connectivity index (χ2n) is 3.31. The lowest BCUT2D eigenvalue weighted by atomic mass is 10.1. The summed E-state index contributed by atoms with van der Waals surface area (Å²) in [5.74, 6) is -0.851. The lowest BCUT2D eigenvalue weighted by Gasteiger charge is -2.09. The van der Waals surface area contributed by atoms with E-state index >= 15 is 0 Å². The number of aromatic nitrogens is 1. The summed E-state index contributed by atoms with van der Waals surface area (Å²) in [5, 5.41) is 9.00. The molecule has 0 amide bonds. The molecule has 88 valence electrons. The van der Waals surface area contributed by atoms with Gasteiger partial charge in [-0.15, -0.1) is 0 Å². The highest BCUT2D eigenvalue weighted by Crippen LogP contribution is 2.18. The number of rotatable bonds is 6. The zero-order chi connectivity index (χ0) is 12.0. The number of aromatic carboxylic acids is 1. The molecule has 1 N–H and O–H groups in total. The van der Waals surface area contributed by atoms with Crippen LogP contribution >= 0.6 is 0 Å². The number of ether oxygens (including phenoxy) is 2. The van der Waals surface area contributed by atoms with E-state index < -0.39 is 5.97 Å². The minimum atomic E-state index is -1.02. The fraction of sp³-hybridized carbons (Fsp3) is 0.455. The Labute approximate surface area is 94.0 Å². The molecule has 1 heterocycles. The van der Waals surface area contributed by atoms with E-state index in [0.29, 0.717) is 25.2 Å². The molecule has 0 atom stereocenters. The fourth-order valence-corrected chi connectivity index (χ4v) is 1.28. The second kappa shape index (κ2) is 6.07. The van der Waals surface area contributed by atoms with Crippen molar-refractivity contribution < 1.29 is 19.4 Å². The third-order valence-corrected chi connectivity index (χ3v) is 2.07. The van der Waals surface area contributed by atoms with E-state index in [-0.39, 0.29) is 11.4 Å². The highest BCUT2D eigenvalue weighted by atomic mass is 16.5. The molecule has 0 bridgehead atoms. The number of methoxy groups -OCH3 is 1. The van der Waals surface area contributed by atoms with Gasteiger partial charge in [0, 0.05) is 26.3 Å². The molecule has 0 radical (unpaired) electrons. The van der Waals surface area contributed by atoms with Crippen molar-refractivity contribution in [1.82, 2.24) is 4.98 Å². The van der Waals surface area contributed by atoms with Gasteiger partial charge in [0.15, 0.2) is 0 Å². The van der Waals surface area contributed by atoms with Crippen LogP contribution in [0.4, 0.5) is 0 Å². The largest absolute Gasteiger partial charge is 0.477 e. The van der Waals surface area contributed by atoms with Gasteiger partial charge in [0.05, 0.1) is 6.61 Å². The lowest BCUT2D eigenvalue weighted by molar-refractivity contribution is 0.0689. The highest BCUT2D eigenvalue weighted by Gasteiger charge is 2.15. The Balaban J connectivity index is 2.71.